The number of hydrogen-bond donors (Lipinski definition) is 3. The van der Waals surface area contributed by atoms with E-state index in [9.17, 15) is 14.7 Å². The van der Waals surface area contributed by atoms with E-state index in [0.717, 1.165) is 27.3 Å². The minimum absolute atomic E-state index is 0.00983. The van der Waals surface area contributed by atoms with E-state index < -0.39 is 45.3 Å². The first-order valence-electron chi connectivity index (χ1n) is 16.6. The predicted molar refractivity (Wildman–Crippen MR) is 199 cm³/mol. The molecule has 6 rings (SSSR count). The number of thioether (sulfide) groups is 1. The van der Waals surface area contributed by atoms with Gasteiger partial charge in [0.05, 0.1) is 33.0 Å². The van der Waals surface area contributed by atoms with Crippen LogP contribution in [0.3, 0.4) is 0 Å². The third-order valence-electron chi connectivity index (χ3n) is 9.33. The van der Waals surface area contributed by atoms with Crippen LogP contribution in [0.1, 0.15) is 48.2 Å². The summed E-state index contributed by atoms with van der Waals surface area (Å²) in [4.78, 5) is 34.2. The molecule has 5 aromatic rings. The first kappa shape index (κ1) is 35.5. The second-order valence-electron chi connectivity index (χ2n) is 13.2. The van der Waals surface area contributed by atoms with Crippen molar-refractivity contribution in [1.29, 1.82) is 0 Å². The number of thiazole rings is 1. The molecule has 4 N–H and O–H groups in total. The highest BCUT2D eigenvalue weighted by Gasteiger charge is 2.49. The Morgan fingerprint density at radius 1 is 0.980 bits per heavy atom. The predicted octanol–water partition coefficient (Wildman–Crippen LogP) is 6.67. The number of aryl methyl sites for hydroxylation is 1. The van der Waals surface area contributed by atoms with Crippen LogP contribution >= 0.6 is 23.1 Å². The van der Waals surface area contributed by atoms with Gasteiger partial charge in [0.2, 0.25) is 11.8 Å². The van der Waals surface area contributed by atoms with Crippen LogP contribution in [0.4, 0.5) is 4.39 Å². The van der Waals surface area contributed by atoms with E-state index in [-0.39, 0.29) is 19.5 Å². The fourth-order valence-corrected chi connectivity index (χ4v) is 9.27. The lowest BCUT2D eigenvalue weighted by molar-refractivity contribution is -0.140. The molecule has 1 saturated heterocycles. The number of nitrogens with one attached hydrogen (secondary N) is 1. The maximum absolute atomic E-state index is 15.0. The van der Waals surface area contributed by atoms with Crippen LogP contribution in [0.25, 0.3) is 10.4 Å². The number of amides is 2. The topological polar surface area (TPSA) is 109 Å². The van der Waals surface area contributed by atoms with Gasteiger partial charge >= 0.3 is 0 Å². The first-order chi connectivity index (χ1) is 24.0. The van der Waals surface area contributed by atoms with Gasteiger partial charge in [-0.3, -0.25) is 9.59 Å². The number of nitrogens with zero attached hydrogens (tertiary/aromatic N) is 2. The fourth-order valence-electron chi connectivity index (χ4n) is 6.66. The number of nitrogens with two attached hydrogens (primary N) is 1. The number of likely N-dealkylation sites (tertiary alicyclic amines) is 1. The number of halogens is 1. The van der Waals surface area contributed by atoms with E-state index >= 15 is 4.39 Å². The van der Waals surface area contributed by atoms with Crippen molar-refractivity contribution in [2.45, 2.75) is 61.4 Å². The van der Waals surface area contributed by atoms with Crippen molar-refractivity contribution in [2.75, 3.05) is 6.54 Å². The molecule has 3 atom stereocenters. The summed E-state index contributed by atoms with van der Waals surface area (Å²) in [5.41, 5.74) is 13.5. The van der Waals surface area contributed by atoms with Gasteiger partial charge in [0.1, 0.15) is 11.9 Å². The van der Waals surface area contributed by atoms with Gasteiger partial charge in [0.25, 0.3) is 0 Å². The summed E-state index contributed by atoms with van der Waals surface area (Å²) in [5.74, 6) is -1.25. The molecule has 0 saturated carbocycles. The SMILES string of the molecule is Cc1ncsc1-c1ccc(CNC(=O)[C@H]2C[C@@H](O)CN2C(=O)[C@@H](N)C(C)(C)SC(c2ccccc2)(c2ccccc2)c2ccccc2)cc1F. The molecule has 7 nitrogen and oxygen atoms in total. The maximum atomic E-state index is 15.0. The highest BCUT2D eigenvalue weighted by atomic mass is 32.2. The van der Waals surface area contributed by atoms with Crippen LogP contribution < -0.4 is 11.1 Å². The van der Waals surface area contributed by atoms with Crippen molar-refractivity contribution in [3.63, 3.8) is 0 Å². The van der Waals surface area contributed by atoms with Crippen molar-refractivity contribution in [3.05, 3.63) is 148 Å². The van der Waals surface area contributed by atoms with Crippen LogP contribution in [0.2, 0.25) is 0 Å². The van der Waals surface area contributed by atoms with Gasteiger partial charge in [-0.15, -0.1) is 23.1 Å². The van der Waals surface area contributed by atoms with Gasteiger partial charge in [-0.2, -0.15) is 0 Å². The summed E-state index contributed by atoms with van der Waals surface area (Å²) in [6.07, 6.45) is -0.799. The minimum Gasteiger partial charge on any atom is -0.391 e. The molecule has 4 aromatic carbocycles. The number of benzene rings is 4. The van der Waals surface area contributed by atoms with Crippen LogP contribution in [0.5, 0.6) is 0 Å². The lowest BCUT2D eigenvalue weighted by Gasteiger charge is -2.44. The summed E-state index contributed by atoms with van der Waals surface area (Å²) in [6, 6.07) is 33.4. The van der Waals surface area contributed by atoms with Gasteiger partial charge < -0.3 is 21.1 Å². The van der Waals surface area contributed by atoms with E-state index in [4.69, 9.17) is 5.73 Å². The lowest BCUT2D eigenvalue weighted by Crippen LogP contribution is -2.57. The summed E-state index contributed by atoms with van der Waals surface area (Å²) in [6.45, 7) is 5.80. The zero-order valence-corrected chi connectivity index (χ0v) is 29.9. The molecule has 0 spiro atoms. The largest absolute Gasteiger partial charge is 0.391 e. The maximum Gasteiger partial charge on any atom is 0.243 e. The van der Waals surface area contributed by atoms with Crippen molar-refractivity contribution >= 4 is 34.9 Å². The van der Waals surface area contributed by atoms with E-state index in [1.807, 2.05) is 75.4 Å². The molecule has 1 aromatic heterocycles. The first-order valence-corrected chi connectivity index (χ1v) is 18.3. The van der Waals surface area contributed by atoms with Crippen LogP contribution in [0, 0.1) is 12.7 Å². The second kappa shape index (κ2) is 14.9. The van der Waals surface area contributed by atoms with Crippen LogP contribution in [-0.2, 0) is 20.9 Å². The quantitative estimate of drug-likeness (QED) is 0.132. The molecule has 2 heterocycles. The highest BCUT2D eigenvalue weighted by Crippen LogP contribution is 2.54. The average Bonchev–Trinajstić information content (AvgIpc) is 3.75. The van der Waals surface area contributed by atoms with Gasteiger partial charge in [-0.1, -0.05) is 103 Å². The molecular formula is C40H41FN4O3S2. The molecular weight excluding hydrogens is 668 g/mol. The standard InChI is InChI=1S/C40H41FN4O3S2/c1-26-35(49-25-44-26)32-20-19-27(21-33(32)41)23-43-37(47)34-22-31(46)24-45(34)38(48)36(42)39(2,3)50-40(28-13-7-4-8-14-28,29-15-9-5-10-16-29)30-17-11-6-12-18-30/h4-21,25,31,34,36,46H,22-24,42H2,1-3H3,(H,43,47)/t31-,34-,36-/m1/s1. The molecule has 0 aliphatic carbocycles. The van der Waals surface area contributed by atoms with Gasteiger partial charge in [0, 0.05) is 29.8 Å². The Morgan fingerprint density at radius 2 is 1.54 bits per heavy atom. The van der Waals surface area contributed by atoms with Gasteiger partial charge in [0.15, 0.2) is 0 Å². The number of carbonyl (C=O) groups excluding carboxylic acids is 2. The number of aliphatic hydroxyl groups excluding tert-OH is 1. The highest BCUT2D eigenvalue weighted by molar-refractivity contribution is 8.02. The van der Waals surface area contributed by atoms with E-state index in [1.54, 1.807) is 29.4 Å². The summed E-state index contributed by atoms with van der Waals surface area (Å²) in [7, 11) is 0. The van der Waals surface area contributed by atoms with E-state index in [1.165, 1.54) is 22.3 Å². The van der Waals surface area contributed by atoms with Crippen molar-refractivity contribution in [3.8, 4) is 10.4 Å². The summed E-state index contributed by atoms with van der Waals surface area (Å²) >= 11 is 2.97. The van der Waals surface area contributed by atoms with E-state index in [2.05, 4.69) is 46.7 Å². The summed E-state index contributed by atoms with van der Waals surface area (Å²) in [5, 5.41) is 13.5. The monoisotopic (exact) mass is 708 g/mol. The fraction of sp³-hybridized carbons (Fsp3) is 0.275. The Kier molecular flexibility index (Phi) is 10.5. The molecule has 1 aliphatic heterocycles. The number of hydrogen-bond acceptors (Lipinski definition) is 7. The third-order valence-corrected chi connectivity index (χ3v) is 12.1. The zero-order valence-electron chi connectivity index (χ0n) is 28.3. The number of aromatic nitrogens is 1. The molecule has 258 valence electrons. The smallest absolute Gasteiger partial charge is 0.243 e. The second-order valence-corrected chi connectivity index (χ2v) is 15.9. The Hall–Kier alpha value is -4.35. The number of rotatable bonds is 11. The molecule has 10 heteroatoms. The normalized spacial score (nSPS) is 17.0. The Balaban J connectivity index is 1.23. The molecule has 1 fully saturated rings. The van der Waals surface area contributed by atoms with Crippen molar-refractivity contribution in [2.24, 2.45) is 5.73 Å². The molecule has 1 aliphatic rings. The molecule has 50 heavy (non-hydrogen) atoms. The zero-order chi connectivity index (χ0) is 35.5. The van der Waals surface area contributed by atoms with E-state index in [0.29, 0.717) is 11.1 Å². The van der Waals surface area contributed by atoms with Crippen molar-refractivity contribution in [1.82, 2.24) is 15.2 Å². The molecule has 0 unspecified atom stereocenters. The number of carbonyl (C=O) groups is 2. The van der Waals surface area contributed by atoms with Gasteiger partial charge in [-0.25, -0.2) is 9.37 Å². The number of β-amino-alcohol motifs (C(OH)–C–C–N with tert-alkyl or cyclic N) is 1. The summed E-state index contributed by atoms with van der Waals surface area (Å²) < 4.78 is 13.5. The molecule has 2 amide bonds. The number of aliphatic hydroxyl groups is 1. The molecule has 0 radical (unpaired) electrons. The van der Waals surface area contributed by atoms with Gasteiger partial charge in [-0.05, 0) is 49.1 Å². The lowest BCUT2D eigenvalue weighted by atomic mass is 9.84. The minimum atomic E-state index is -1.03. The van der Waals surface area contributed by atoms with Crippen LogP contribution in [-0.4, -0.2) is 56.3 Å². The molecule has 0 bridgehead atoms. The third kappa shape index (κ3) is 7.11. The Bertz CT molecular complexity index is 1840. The Morgan fingerprint density at radius 3 is 2.04 bits per heavy atom. The van der Waals surface area contributed by atoms with Crippen molar-refractivity contribution < 1.29 is 19.1 Å². The Labute approximate surface area is 300 Å². The van der Waals surface area contributed by atoms with Crippen LogP contribution in [0.15, 0.2) is 115 Å². The average molecular weight is 709 g/mol.